The molecule has 0 aromatic heterocycles. The predicted molar refractivity (Wildman–Crippen MR) is 103 cm³/mol. The van der Waals surface area contributed by atoms with Crippen LogP contribution in [0.2, 0.25) is 0 Å². The maximum Gasteiger partial charge on any atom is 0.270 e. The second-order valence-corrected chi connectivity index (χ2v) is 7.53. The quantitative estimate of drug-likeness (QED) is 0.578. The van der Waals surface area contributed by atoms with Crippen molar-refractivity contribution < 1.29 is 14.3 Å². The molecule has 0 fully saturated rings. The Morgan fingerprint density at radius 2 is 2.04 bits per heavy atom. The van der Waals surface area contributed by atoms with Gasteiger partial charge in [-0.1, -0.05) is 0 Å². The van der Waals surface area contributed by atoms with Gasteiger partial charge in [-0.05, 0) is 77.8 Å². The lowest BCUT2D eigenvalue weighted by Gasteiger charge is -2.39. The fraction of sp³-hybridized carbons (Fsp3) is 0.550. The summed E-state index contributed by atoms with van der Waals surface area (Å²) in [5.74, 6) is 0.362. The Morgan fingerprint density at radius 3 is 2.65 bits per heavy atom. The zero-order chi connectivity index (χ0) is 19.5. The van der Waals surface area contributed by atoms with Gasteiger partial charge in [-0.3, -0.25) is 9.59 Å². The van der Waals surface area contributed by atoms with Gasteiger partial charge in [-0.15, -0.1) is 0 Å². The molecule has 2 amide bonds. The number of benzene rings is 1. The third-order valence-electron chi connectivity index (χ3n) is 4.37. The summed E-state index contributed by atoms with van der Waals surface area (Å²) in [4.78, 5) is 27.1. The fourth-order valence-corrected chi connectivity index (χ4v) is 3.04. The summed E-state index contributed by atoms with van der Waals surface area (Å²) in [5, 5.41) is 10.0. The molecule has 0 saturated carbocycles. The minimum absolute atomic E-state index is 0.0342. The lowest BCUT2D eigenvalue weighted by Crippen LogP contribution is -2.52. The third-order valence-corrected chi connectivity index (χ3v) is 4.37. The molecular weight excluding hydrogens is 330 g/mol. The minimum atomic E-state index is -0.942. The first-order valence-corrected chi connectivity index (χ1v) is 9.12. The van der Waals surface area contributed by atoms with E-state index in [-0.39, 0.29) is 17.9 Å². The number of hydrogen-bond donors (Lipinski definition) is 2. The number of carbonyl (C=O) groups is 2. The lowest BCUT2D eigenvalue weighted by molar-refractivity contribution is -0.132. The second kappa shape index (κ2) is 7.89. The zero-order valence-electron chi connectivity index (χ0n) is 16.3. The number of anilines is 1. The van der Waals surface area contributed by atoms with Crippen LogP contribution in [0.3, 0.4) is 0 Å². The standard InChI is InChI=1S/C20H29N3O3/c1-13(2)22-18(24)15-12-16-17(11-14(15)3)26-20(4,5)19(25)23(16)10-8-6-7-9-21/h9,11-13,21H,6-8,10H2,1-5H3,(H,22,24). The van der Waals surface area contributed by atoms with E-state index in [9.17, 15) is 9.59 Å². The van der Waals surface area contributed by atoms with Crippen molar-refractivity contribution in [2.24, 2.45) is 0 Å². The average Bonchev–Trinajstić information content (AvgIpc) is 2.53. The van der Waals surface area contributed by atoms with Crippen molar-refractivity contribution in [3.05, 3.63) is 23.3 Å². The topological polar surface area (TPSA) is 82.5 Å². The van der Waals surface area contributed by atoms with Crippen molar-refractivity contribution in [3.63, 3.8) is 0 Å². The molecule has 1 aliphatic rings. The number of rotatable bonds is 7. The Labute approximate surface area is 155 Å². The van der Waals surface area contributed by atoms with Crippen LogP contribution in [0, 0.1) is 12.3 Å². The van der Waals surface area contributed by atoms with Gasteiger partial charge in [0.15, 0.2) is 5.60 Å². The number of amides is 2. The molecule has 0 atom stereocenters. The summed E-state index contributed by atoms with van der Waals surface area (Å²) in [6.07, 6.45) is 3.72. The van der Waals surface area contributed by atoms with Crippen LogP contribution in [0.25, 0.3) is 0 Å². The van der Waals surface area contributed by atoms with Gasteiger partial charge in [-0.25, -0.2) is 0 Å². The summed E-state index contributed by atoms with van der Waals surface area (Å²) in [6, 6.07) is 3.63. The summed E-state index contributed by atoms with van der Waals surface area (Å²) >= 11 is 0. The molecule has 1 heterocycles. The molecule has 0 saturated heterocycles. The average molecular weight is 359 g/mol. The maximum absolute atomic E-state index is 12.9. The third kappa shape index (κ3) is 4.23. The normalized spacial score (nSPS) is 15.5. The molecule has 1 aliphatic heterocycles. The molecule has 6 heteroatoms. The van der Waals surface area contributed by atoms with Crippen LogP contribution >= 0.6 is 0 Å². The molecule has 2 rings (SSSR count). The van der Waals surface area contributed by atoms with E-state index in [0.717, 1.165) is 18.4 Å². The van der Waals surface area contributed by atoms with E-state index in [1.54, 1.807) is 24.8 Å². The highest BCUT2D eigenvalue weighted by Crippen LogP contribution is 2.39. The van der Waals surface area contributed by atoms with Crippen molar-refractivity contribution in [3.8, 4) is 5.75 Å². The van der Waals surface area contributed by atoms with Gasteiger partial charge in [0.1, 0.15) is 5.75 Å². The van der Waals surface area contributed by atoms with E-state index < -0.39 is 5.60 Å². The van der Waals surface area contributed by atoms with Crippen LogP contribution in [-0.2, 0) is 4.79 Å². The number of ether oxygens (including phenoxy) is 1. The molecule has 0 radical (unpaired) electrons. The lowest BCUT2D eigenvalue weighted by atomic mass is 9.99. The van der Waals surface area contributed by atoms with Crippen LogP contribution in [0.4, 0.5) is 5.69 Å². The van der Waals surface area contributed by atoms with Gasteiger partial charge in [0.25, 0.3) is 11.8 Å². The Morgan fingerprint density at radius 1 is 1.35 bits per heavy atom. The molecule has 1 aromatic rings. The zero-order valence-corrected chi connectivity index (χ0v) is 16.3. The summed E-state index contributed by atoms with van der Waals surface area (Å²) in [7, 11) is 0. The molecule has 1 aromatic carbocycles. The summed E-state index contributed by atoms with van der Waals surface area (Å²) in [6.45, 7) is 9.76. The van der Waals surface area contributed by atoms with Crippen molar-refractivity contribution in [2.45, 2.75) is 65.5 Å². The van der Waals surface area contributed by atoms with Crippen LogP contribution < -0.4 is 15.0 Å². The largest absolute Gasteiger partial charge is 0.476 e. The van der Waals surface area contributed by atoms with E-state index in [2.05, 4.69) is 5.32 Å². The van der Waals surface area contributed by atoms with Crippen LogP contribution in [-0.4, -0.2) is 36.2 Å². The molecule has 0 spiro atoms. The minimum Gasteiger partial charge on any atom is -0.476 e. The SMILES string of the molecule is Cc1cc2c(cc1C(=O)NC(C)C)N(CCCCC=N)C(=O)C(C)(C)O2. The molecule has 2 N–H and O–H groups in total. The number of carbonyl (C=O) groups excluding carboxylic acids is 2. The van der Waals surface area contributed by atoms with Crippen LogP contribution in [0.1, 0.15) is 62.9 Å². The Bertz CT molecular complexity index is 710. The molecular formula is C20H29N3O3. The van der Waals surface area contributed by atoms with Crippen molar-refractivity contribution in [1.82, 2.24) is 5.32 Å². The van der Waals surface area contributed by atoms with Gasteiger partial charge in [0.05, 0.1) is 5.69 Å². The molecule has 0 unspecified atom stereocenters. The molecule has 26 heavy (non-hydrogen) atoms. The van der Waals surface area contributed by atoms with E-state index >= 15 is 0 Å². The number of unbranched alkanes of at least 4 members (excludes halogenated alkanes) is 2. The monoisotopic (exact) mass is 359 g/mol. The van der Waals surface area contributed by atoms with Crippen LogP contribution in [0.5, 0.6) is 5.75 Å². The number of nitrogens with one attached hydrogen (secondary N) is 2. The molecule has 142 valence electrons. The summed E-state index contributed by atoms with van der Waals surface area (Å²) in [5.41, 5.74) is 1.07. The number of hydrogen-bond acceptors (Lipinski definition) is 4. The maximum atomic E-state index is 12.9. The van der Waals surface area contributed by atoms with E-state index in [0.29, 0.717) is 30.0 Å². The van der Waals surface area contributed by atoms with Gasteiger partial charge in [0.2, 0.25) is 0 Å². The first-order chi connectivity index (χ1) is 12.2. The van der Waals surface area contributed by atoms with Gasteiger partial charge >= 0.3 is 0 Å². The van der Waals surface area contributed by atoms with Crippen molar-refractivity contribution >= 4 is 23.7 Å². The van der Waals surface area contributed by atoms with E-state index in [1.807, 2.05) is 26.8 Å². The molecule has 0 aliphatic carbocycles. The Kier molecular flexibility index (Phi) is 6.05. The molecule has 0 bridgehead atoms. The molecule has 6 nitrogen and oxygen atoms in total. The summed E-state index contributed by atoms with van der Waals surface area (Å²) < 4.78 is 5.93. The highest BCUT2D eigenvalue weighted by molar-refractivity contribution is 6.04. The van der Waals surface area contributed by atoms with E-state index in [4.69, 9.17) is 10.1 Å². The Hall–Kier alpha value is -2.37. The number of nitrogens with zero attached hydrogens (tertiary/aromatic N) is 1. The highest BCUT2D eigenvalue weighted by atomic mass is 16.5. The van der Waals surface area contributed by atoms with Crippen molar-refractivity contribution in [2.75, 3.05) is 11.4 Å². The van der Waals surface area contributed by atoms with Gasteiger partial charge in [-0.2, -0.15) is 0 Å². The van der Waals surface area contributed by atoms with E-state index in [1.165, 1.54) is 6.21 Å². The number of aryl methyl sites for hydroxylation is 1. The smallest absolute Gasteiger partial charge is 0.270 e. The Balaban J connectivity index is 2.40. The first kappa shape index (κ1) is 19.9. The predicted octanol–water partition coefficient (Wildman–Crippen LogP) is 3.46. The van der Waals surface area contributed by atoms with Gasteiger partial charge < -0.3 is 20.4 Å². The van der Waals surface area contributed by atoms with Gasteiger partial charge in [0, 0.05) is 18.2 Å². The van der Waals surface area contributed by atoms with Crippen LogP contribution in [0.15, 0.2) is 12.1 Å². The first-order valence-electron chi connectivity index (χ1n) is 9.12. The highest BCUT2D eigenvalue weighted by Gasteiger charge is 2.41. The second-order valence-electron chi connectivity index (χ2n) is 7.53. The van der Waals surface area contributed by atoms with Crippen molar-refractivity contribution in [1.29, 1.82) is 5.41 Å². The number of fused-ring (bicyclic) bond motifs is 1. The fourth-order valence-electron chi connectivity index (χ4n) is 3.04.